The maximum absolute atomic E-state index is 13.5. The molecule has 0 aliphatic carbocycles. The number of para-hydroxylation sites is 2. The standard InChI is InChI=1S/C26H17N5O2S/c27-16-20-22(17-10-4-1-5-11-17)34-26(30(23(20)28)18-12-6-2-7-13-18)21-24(32)29-31(25(21)33)19-14-8-3-9-15-19/h1-15,28H,(H,29,32)/b26-21+,28-23?. The summed E-state index contributed by atoms with van der Waals surface area (Å²) in [5, 5.41) is 20.3. The van der Waals surface area contributed by atoms with Gasteiger partial charge in [-0.3, -0.25) is 25.3 Å². The Morgan fingerprint density at radius 1 is 0.824 bits per heavy atom. The van der Waals surface area contributed by atoms with Crippen LogP contribution in [0.15, 0.2) is 107 Å². The molecule has 3 aromatic rings. The van der Waals surface area contributed by atoms with Crippen molar-refractivity contribution in [3.8, 4) is 6.07 Å². The largest absolute Gasteiger partial charge is 0.287 e. The van der Waals surface area contributed by atoms with Gasteiger partial charge in [0.2, 0.25) is 0 Å². The average Bonchev–Trinajstić information content (AvgIpc) is 3.18. The summed E-state index contributed by atoms with van der Waals surface area (Å²) < 4.78 is 0. The van der Waals surface area contributed by atoms with Crippen LogP contribution in [0.1, 0.15) is 5.56 Å². The number of anilines is 2. The van der Waals surface area contributed by atoms with Gasteiger partial charge in [-0.25, -0.2) is 5.01 Å². The fraction of sp³-hybridized carbons (Fsp3) is 0. The zero-order valence-electron chi connectivity index (χ0n) is 17.7. The highest BCUT2D eigenvalue weighted by atomic mass is 32.2. The lowest BCUT2D eigenvalue weighted by atomic mass is 10.1. The monoisotopic (exact) mass is 463 g/mol. The van der Waals surface area contributed by atoms with Crippen LogP contribution in [-0.4, -0.2) is 17.6 Å². The predicted molar refractivity (Wildman–Crippen MR) is 132 cm³/mol. The van der Waals surface area contributed by atoms with Gasteiger partial charge in [0.25, 0.3) is 11.8 Å². The van der Waals surface area contributed by atoms with E-state index < -0.39 is 11.8 Å². The molecule has 164 valence electrons. The first-order valence-electron chi connectivity index (χ1n) is 10.4. The van der Waals surface area contributed by atoms with Gasteiger partial charge < -0.3 is 0 Å². The van der Waals surface area contributed by atoms with Crippen molar-refractivity contribution in [3.63, 3.8) is 0 Å². The molecule has 0 unspecified atom stereocenters. The van der Waals surface area contributed by atoms with E-state index in [4.69, 9.17) is 5.41 Å². The van der Waals surface area contributed by atoms with Crippen LogP contribution in [0.4, 0.5) is 11.4 Å². The van der Waals surface area contributed by atoms with Crippen molar-refractivity contribution in [1.82, 2.24) is 5.43 Å². The lowest BCUT2D eigenvalue weighted by Crippen LogP contribution is -2.36. The Balaban J connectivity index is 1.72. The van der Waals surface area contributed by atoms with E-state index in [1.165, 1.54) is 9.91 Å². The molecule has 0 aromatic heterocycles. The number of nitriles is 1. The highest BCUT2D eigenvalue weighted by Gasteiger charge is 2.42. The third kappa shape index (κ3) is 3.54. The SMILES string of the molecule is N#CC1=C(c2ccccc2)S/C(=C2\C(=O)NN(c3ccccc3)C2=O)N(c2ccccc2)C1=N. The van der Waals surface area contributed by atoms with Gasteiger partial charge in [0.05, 0.1) is 5.69 Å². The molecule has 0 spiro atoms. The Kier molecular flexibility index (Phi) is 5.46. The molecule has 8 heteroatoms. The van der Waals surface area contributed by atoms with Crippen LogP contribution in [0.5, 0.6) is 0 Å². The number of hydrogen-bond acceptors (Lipinski definition) is 5. The Hall–Kier alpha value is -4.61. The third-order valence-corrected chi connectivity index (χ3v) is 6.56. The molecule has 5 rings (SSSR count). The minimum absolute atomic E-state index is 0.0899. The molecule has 0 atom stereocenters. The summed E-state index contributed by atoms with van der Waals surface area (Å²) in [7, 11) is 0. The van der Waals surface area contributed by atoms with E-state index in [0.29, 0.717) is 16.3 Å². The smallest absolute Gasteiger partial charge is 0.285 e. The molecule has 1 fully saturated rings. The first-order chi connectivity index (χ1) is 16.6. The predicted octanol–water partition coefficient (Wildman–Crippen LogP) is 4.44. The molecule has 7 nitrogen and oxygen atoms in total. The fourth-order valence-electron chi connectivity index (χ4n) is 3.76. The number of amides is 2. The van der Waals surface area contributed by atoms with Gasteiger partial charge in [-0.1, -0.05) is 78.5 Å². The summed E-state index contributed by atoms with van der Waals surface area (Å²) in [5.74, 6) is -1.20. The van der Waals surface area contributed by atoms with Crippen molar-refractivity contribution in [1.29, 1.82) is 10.7 Å². The van der Waals surface area contributed by atoms with E-state index in [0.717, 1.165) is 17.3 Å². The molecule has 2 aliphatic heterocycles. The summed E-state index contributed by atoms with van der Waals surface area (Å²) in [6.45, 7) is 0. The number of rotatable bonds is 3. The molecule has 0 saturated carbocycles. The summed E-state index contributed by atoms with van der Waals surface area (Å²) in [6, 6.07) is 29.1. The average molecular weight is 464 g/mol. The highest BCUT2D eigenvalue weighted by molar-refractivity contribution is 8.12. The Morgan fingerprint density at radius 2 is 1.38 bits per heavy atom. The normalized spacial score (nSPS) is 18.3. The molecule has 2 heterocycles. The van der Waals surface area contributed by atoms with Crippen molar-refractivity contribution >= 4 is 45.7 Å². The summed E-state index contributed by atoms with van der Waals surface area (Å²) in [6.07, 6.45) is 0. The number of hydrogen-bond donors (Lipinski definition) is 2. The lowest BCUT2D eigenvalue weighted by molar-refractivity contribution is -0.117. The third-order valence-electron chi connectivity index (χ3n) is 5.34. The molecular formula is C26H17N5O2S. The molecule has 0 radical (unpaired) electrons. The number of benzene rings is 3. The summed E-state index contributed by atoms with van der Waals surface area (Å²) in [5.41, 5.74) is 4.52. The van der Waals surface area contributed by atoms with Gasteiger partial charge in [-0.05, 0) is 29.8 Å². The van der Waals surface area contributed by atoms with Crippen LogP contribution in [0.2, 0.25) is 0 Å². The number of nitrogens with one attached hydrogen (secondary N) is 2. The molecule has 3 aromatic carbocycles. The van der Waals surface area contributed by atoms with E-state index >= 15 is 0 Å². The maximum Gasteiger partial charge on any atom is 0.285 e. The van der Waals surface area contributed by atoms with Crippen molar-refractivity contribution in [2.45, 2.75) is 0 Å². The van der Waals surface area contributed by atoms with Crippen LogP contribution >= 0.6 is 11.8 Å². The van der Waals surface area contributed by atoms with Gasteiger partial charge in [0, 0.05) is 10.6 Å². The number of carbonyl (C=O) groups is 2. The number of amidine groups is 1. The number of nitrogens with zero attached hydrogens (tertiary/aromatic N) is 3. The van der Waals surface area contributed by atoms with Crippen molar-refractivity contribution in [3.05, 3.63) is 113 Å². The van der Waals surface area contributed by atoms with Crippen LogP contribution in [-0.2, 0) is 9.59 Å². The van der Waals surface area contributed by atoms with Crippen molar-refractivity contribution in [2.75, 3.05) is 9.91 Å². The van der Waals surface area contributed by atoms with Crippen molar-refractivity contribution < 1.29 is 9.59 Å². The van der Waals surface area contributed by atoms with E-state index in [1.807, 2.05) is 42.5 Å². The van der Waals surface area contributed by atoms with Crippen LogP contribution in [0, 0.1) is 16.7 Å². The highest BCUT2D eigenvalue weighted by Crippen LogP contribution is 2.46. The van der Waals surface area contributed by atoms with E-state index in [2.05, 4.69) is 11.5 Å². The second-order valence-corrected chi connectivity index (χ2v) is 8.40. The molecule has 2 amide bonds. The second kappa shape index (κ2) is 8.73. The second-order valence-electron chi connectivity index (χ2n) is 7.40. The number of hydrazine groups is 1. The Bertz CT molecular complexity index is 1410. The van der Waals surface area contributed by atoms with Crippen LogP contribution in [0.25, 0.3) is 4.91 Å². The van der Waals surface area contributed by atoms with Crippen LogP contribution < -0.4 is 15.3 Å². The van der Waals surface area contributed by atoms with Crippen LogP contribution in [0.3, 0.4) is 0 Å². The molecule has 34 heavy (non-hydrogen) atoms. The lowest BCUT2D eigenvalue weighted by Gasteiger charge is -2.33. The van der Waals surface area contributed by atoms with Gasteiger partial charge in [0.15, 0.2) is 0 Å². The van der Waals surface area contributed by atoms with E-state index in [1.54, 1.807) is 48.5 Å². The first kappa shape index (κ1) is 21.2. The van der Waals surface area contributed by atoms with Crippen molar-refractivity contribution in [2.24, 2.45) is 0 Å². The molecule has 1 saturated heterocycles. The summed E-state index contributed by atoms with van der Waals surface area (Å²) in [4.78, 5) is 28.6. The van der Waals surface area contributed by atoms with Gasteiger partial charge in [0.1, 0.15) is 28.1 Å². The minimum atomic E-state index is -0.571. The molecular weight excluding hydrogens is 446 g/mol. The number of thioether (sulfide) groups is 1. The zero-order chi connectivity index (χ0) is 23.7. The quantitative estimate of drug-likeness (QED) is 0.442. The molecule has 0 bridgehead atoms. The fourth-order valence-corrected chi connectivity index (χ4v) is 5.02. The van der Waals surface area contributed by atoms with Gasteiger partial charge in [-0.15, -0.1) is 0 Å². The molecule has 2 aliphatic rings. The Morgan fingerprint density at radius 3 is 1.97 bits per heavy atom. The van der Waals surface area contributed by atoms with Gasteiger partial charge in [-0.2, -0.15) is 5.26 Å². The number of carbonyl (C=O) groups excluding carboxylic acids is 2. The van der Waals surface area contributed by atoms with E-state index in [-0.39, 0.29) is 22.0 Å². The van der Waals surface area contributed by atoms with Gasteiger partial charge >= 0.3 is 0 Å². The van der Waals surface area contributed by atoms with E-state index in [9.17, 15) is 14.9 Å². The zero-order valence-corrected chi connectivity index (χ0v) is 18.5. The molecule has 2 N–H and O–H groups in total. The maximum atomic E-state index is 13.5. The summed E-state index contributed by atoms with van der Waals surface area (Å²) >= 11 is 1.14. The first-order valence-corrected chi connectivity index (χ1v) is 11.2. The Labute approximate surface area is 200 Å². The minimum Gasteiger partial charge on any atom is -0.287 e. The topological polar surface area (TPSA) is 100 Å².